The molecule has 5 nitrogen and oxygen atoms in total. The summed E-state index contributed by atoms with van der Waals surface area (Å²) in [5, 5.41) is 11.2. The Morgan fingerprint density at radius 1 is 0.758 bits per heavy atom. The van der Waals surface area contributed by atoms with Crippen molar-refractivity contribution in [1.82, 2.24) is 15.5 Å². The summed E-state index contributed by atoms with van der Waals surface area (Å²) in [6, 6.07) is 7.37. The number of hydrogen-bond acceptors (Lipinski definition) is 4. The van der Waals surface area contributed by atoms with Crippen LogP contribution < -0.4 is 5.32 Å². The van der Waals surface area contributed by atoms with Crippen LogP contribution in [0.1, 0.15) is 128 Å². The first-order chi connectivity index (χ1) is 16.2. The van der Waals surface area contributed by atoms with Crippen molar-refractivity contribution in [3.63, 3.8) is 0 Å². The van der Waals surface area contributed by atoms with E-state index in [4.69, 9.17) is 4.42 Å². The number of carbonyl (C=O) groups is 1. The summed E-state index contributed by atoms with van der Waals surface area (Å²) in [6.45, 7) is 5.09. The zero-order valence-electron chi connectivity index (χ0n) is 21.0. The van der Waals surface area contributed by atoms with Gasteiger partial charge in [-0.1, -0.05) is 97.3 Å². The molecular formula is C28H47N3O2. The predicted octanol–water partition coefficient (Wildman–Crippen LogP) is 8.15. The molecule has 1 amide bonds. The minimum Gasteiger partial charge on any atom is -0.421 e. The van der Waals surface area contributed by atoms with Crippen molar-refractivity contribution in [2.24, 2.45) is 0 Å². The number of amides is 1. The van der Waals surface area contributed by atoms with Gasteiger partial charge < -0.3 is 9.73 Å². The zero-order valence-corrected chi connectivity index (χ0v) is 21.0. The minimum absolute atomic E-state index is 0. The molecule has 0 radical (unpaired) electrons. The third-order valence-corrected chi connectivity index (χ3v) is 6.14. The third-order valence-electron chi connectivity index (χ3n) is 6.14. The van der Waals surface area contributed by atoms with Crippen LogP contribution in [0.4, 0.5) is 0 Å². The van der Waals surface area contributed by atoms with E-state index in [1.54, 1.807) is 0 Å². The summed E-state index contributed by atoms with van der Waals surface area (Å²) in [6.07, 6.45) is 20.6. The summed E-state index contributed by atoms with van der Waals surface area (Å²) in [7, 11) is 0. The first-order valence-corrected chi connectivity index (χ1v) is 13.5. The molecule has 5 heteroatoms. The van der Waals surface area contributed by atoms with E-state index < -0.39 is 0 Å². The van der Waals surface area contributed by atoms with Crippen LogP contribution in [0.15, 0.2) is 28.7 Å². The van der Waals surface area contributed by atoms with Crippen molar-refractivity contribution in [3.05, 3.63) is 35.7 Å². The molecule has 33 heavy (non-hydrogen) atoms. The number of unbranched alkanes of at least 4 members (excludes halogenated alkanes) is 13. The smallest absolute Gasteiger partial charge is 0.251 e. The molecule has 186 valence electrons. The normalized spacial score (nSPS) is 11.1. The molecule has 0 saturated carbocycles. The van der Waals surface area contributed by atoms with E-state index in [1.807, 2.05) is 24.3 Å². The van der Waals surface area contributed by atoms with Crippen LogP contribution in [-0.4, -0.2) is 22.6 Å². The molecule has 0 fully saturated rings. The number of aryl methyl sites for hydroxylation is 1. The highest BCUT2D eigenvalue weighted by Gasteiger charge is 2.10. The molecule has 0 aliphatic carbocycles. The average molecular weight is 458 g/mol. The van der Waals surface area contributed by atoms with Gasteiger partial charge in [-0.15, -0.1) is 10.2 Å². The zero-order chi connectivity index (χ0) is 23.6. The molecular weight excluding hydrogens is 410 g/mol. The van der Waals surface area contributed by atoms with E-state index in [1.165, 1.54) is 83.5 Å². The van der Waals surface area contributed by atoms with Gasteiger partial charge in [0.15, 0.2) is 0 Å². The Balaban J connectivity index is 0.00000578. The van der Waals surface area contributed by atoms with Crippen LogP contribution in [-0.2, 0) is 6.42 Å². The lowest BCUT2D eigenvalue weighted by molar-refractivity contribution is 0.0953. The van der Waals surface area contributed by atoms with Crippen molar-refractivity contribution in [1.29, 1.82) is 0 Å². The van der Waals surface area contributed by atoms with Crippen LogP contribution >= 0.6 is 0 Å². The first kappa shape index (κ1) is 27.1. The molecule has 0 bridgehead atoms. The highest BCUT2D eigenvalue weighted by molar-refractivity contribution is 5.94. The maximum Gasteiger partial charge on any atom is 0.251 e. The number of aromatic nitrogens is 2. The van der Waals surface area contributed by atoms with Gasteiger partial charge in [0.1, 0.15) is 0 Å². The van der Waals surface area contributed by atoms with Gasteiger partial charge in [-0.2, -0.15) is 0 Å². The lowest BCUT2D eigenvalue weighted by Gasteiger charge is -2.06. The van der Waals surface area contributed by atoms with Gasteiger partial charge in [0.05, 0.1) is 0 Å². The molecule has 1 aromatic heterocycles. The SMILES string of the molecule is CCCCCCCCCCCCCCCCNC(=O)c1ccc(-c2nnc(CCC)o2)cc1.[HH]. The van der Waals surface area contributed by atoms with E-state index in [0.29, 0.717) is 17.3 Å². The first-order valence-electron chi connectivity index (χ1n) is 13.5. The molecule has 0 unspecified atom stereocenters. The molecule has 1 heterocycles. The van der Waals surface area contributed by atoms with Gasteiger partial charge in [0.2, 0.25) is 11.8 Å². The van der Waals surface area contributed by atoms with Crippen molar-refractivity contribution in [2.45, 2.75) is 117 Å². The molecule has 2 aromatic rings. The van der Waals surface area contributed by atoms with Crippen molar-refractivity contribution in [2.75, 3.05) is 6.54 Å². The molecule has 0 atom stereocenters. The standard InChI is InChI=1S/C28H45N3O2.H2/c1-3-5-6-7-8-9-10-11-12-13-14-15-16-17-23-29-27(32)24-19-21-25(22-20-24)28-31-30-26(33-28)18-4-2;/h19-22H,3-18,23H2,1-2H3,(H,29,32);1H. The second-order valence-corrected chi connectivity index (χ2v) is 9.18. The average Bonchev–Trinajstić information content (AvgIpc) is 3.30. The number of nitrogens with one attached hydrogen (secondary N) is 1. The molecule has 1 aromatic carbocycles. The Morgan fingerprint density at radius 2 is 1.30 bits per heavy atom. The van der Waals surface area contributed by atoms with Crippen LogP contribution in [0.2, 0.25) is 0 Å². The van der Waals surface area contributed by atoms with Gasteiger partial charge >= 0.3 is 0 Å². The summed E-state index contributed by atoms with van der Waals surface area (Å²) in [4.78, 5) is 12.4. The largest absolute Gasteiger partial charge is 0.421 e. The Labute approximate surface area is 202 Å². The van der Waals surface area contributed by atoms with Gasteiger partial charge in [0.25, 0.3) is 5.91 Å². The molecule has 0 spiro atoms. The van der Waals surface area contributed by atoms with Crippen LogP contribution in [0, 0.1) is 0 Å². The maximum absolute atomic E-state index is 12.4. The van der Waals surface area contributed by atoms with Gasteiger partial charge in [-0.05, 0) is 37.1 Å². The van der Waals surface area contributed by atoms with E-state index >= 15 is 0 Å². The van der Waals surface area contributed by atoms with Crippen molar-refractivity contribution < 1.29 is 10.6 Å². The van der Waals surface area contributed by atoms with E-state index in [2.05, 4.69) is 29.4 Å². The number of nitrogens with zero attached hydrogens (tertiary/aromatic N) is 2. The number of carbonyl (C=O) groups excluding carboxylic acids is 1. The summed E-state index contributed by atoms with van der Waals surface area (Å²) >= 11 is 0. The summed E-state index contributed by atoms with van der Waals surface area (Å²) in [5.74, 6) is 1.14. The lowest BCUT2D eigenvalue weighted by atomic mass is 10.0. The molecule has 2 rings (SSSR count). The van der Waals surface area contributed by atoms with Crippen LogP contribution in [0.3, 0.4) is 0 Å². The summed E-state index contributed by atoms with van der Waals surface area (Å²) < 4.78 is 5.65. The van der Waals surface area contributed by atoms with E-state index in [0.717, 1.165) is 31.4 Å². The Morgan fingerprint density at radius 3 is 1.85 bits per heavy atom. The quantitative estimate of drug-likeness (QED) is 0.216. The van der Waals surface area contributed by atoms with Gasteiger partial charge in [-0.3, -0.25) is 4.79 Å². The topological polar surface area (TPSA) is 68.0 Å². The highest BCUT2D eigenvalue weighted by atomic mass is 16.4. The maximum atomic E-state index is 12.4. The Bertz CT molecular complexity index is 761. The summed E-state index contributed by atoms with van der Waals surface area (Å²) in [5.41, 5.74) is 1.51. The fourth-order valence-corrected chi connectivity index (χ4v) is 4.07. The second kappa shape index (κ2) is 17.3. The second-order valence-electron chi connectivity index (χ2n) is 9.18. The molecule has 0 saturated heterocycles. The number of rotatable bonds is 19. The van der Waals surface area contributed by atoms with E-state index in [9.17, 15) is 4.79 Å². The van der Waals surface area contributed by atoms with Crippen LogP contribution in [0.25, 0.3) is 11.5 Å². The lowest BCUT2D eigenvalue weighted by Crippen LogP contribution is -2.24. The number of benzene rings is 1. The minimum atomic E-state index is -0.0200. The molecule has 0 aliphatic heterocycles. The van der Waals surface area contributed by atoms with E-state index in [-0.39, 0.29) is 7.33 Å². The fourth-order valence-electron chi connectivity index (χ4n) is 4.07. The Kier molecular flexibility index (Phi) is 14.2. The van der Waals surface area contributed by atoms with Crippen molar-refractivity contribution >= 4 is 5.91 Å². The third kappa shape index (κ3) is 11.5. The molecule has 0 aliphatic rings. The highest BCUT2D eigenvalue weighted by Crippen LogP contribution is 2.19. The van der Waals surface area contributed by atoms with Crippen LogP contribution in [0.5, 0.6) is 0 Å². The monoisotopic (exact) mass is 457 g/mol. The van der Waals surface area contributed by atoms with Gasteiger partial charge in [0, 0.05) is 25.5 Å². The van der Waals surface area contributed by atoms with Crippen molar-refractivity contribution in [3.8, 4) is 11.5 Å². The Hall–Kier alpha value is -2.17. The predicted molar refractivity (Wildman–Crippen MR) is 138 cm³/mol. The van der Waals surface area contributed by atoms with Gasteiger partial charge in [-0.25, -0.2) is 0 Å². The molecule has 1 N–H and O–H groups in total. The number of hydrogen-bond donors (Lipinski definition) is 1. The fraction of sp³-hybridized carbons (Fsp3) is 0.679.